The molecule has 1 saturated heterocycles. The van der Waals surface area contributed by atoms with Crippen molar-refractivity contribution in [2.24, 2.45) is 5.92 Å². The fourth-order valence-electron chi connectivity index (χ4n) is 3.49. The van der Waals surface area contributed by atoms with Crippen LogP contribution in [0.5, 0.6) is 0 Å². The fraction of sp³-hybridized carbons (Fsp3) is 0.611. The quantitative estimate of drug-likeness (QED) is 0.750. The molecule has 8 nitrogen and oxygen atoms in total. The van der Waals surface area contributed by atoms with E-state index < -0.39 is 10.2 Å². The first kappa shape index (κ1) is 19.9. The van der Waals surface area contributed by atoms with Gasteiger partial charge in [-0.1, -0.05) is 0 Å². The molecule has 0 N–H and O–H groups in total. The Balaban J connectivity index is 1.76. The highest BCUT2D eigenvalue weighted by atomic mass is 32.2. The van der Waals surface area contributed by atoms with Crippen LogP contribution < -0.4 is 0 Å². The van der Waals surface area contributed by atoms with Crippen molar-refractivity contribution in [3.05, 3.63) is 30.4 Å². The first-order valence-electron chi connectivity index (χ1n) is 9.31. The Bertz CT molecular complexity index is 877. The molecule has 0 aromatic carbocycles. The molecule has 0 unspecified atom stereocenters. The molecular formula is C18H28N6O2S. The van der Waals surface area contributed by atoms with E-state index in [9.17, 15) is 8.42 Å². The van der Waals surface area contributed by atoms with Crippen LogP contribution in [0.15, 0.2) is 24.7 Å². The van der Waals surface area contributed by atoms with Crippen LogP contribution in [0.25, 0.3) is 11.4 Å². The minimum absolute atomic E-state index is 0.239. The molecule has 2 aromatic heterocycles. The third-order valence-electron chi connectivity index (χ3n) is 4.87. The smallest absolute Gasteiger partial charge is 0.261 e. The van der Waals surface area contributed by atoms with Gasteiger partial charge in [-0.05, 0) is 45.1 Å². The lowest BCUT2D eigenvalue weighted by Gasteiger charge is -2.33. The molecule has 0 spiro atoms. The summed E-state index contributed by atoms with van der Waals surface area (Å²) in [4.78, 5) is 9.13. The van der Waals surface area contributed by atoms with E-state index in [1.807, 2.05) is 10.7 Å². The zero-order chi connectivity index (χ0) is 19.6. The van der Waals surface area contributed by atoms with Gasteiger partial charge in [0.1, 0.15) is 5.69 Å². The molecule has 1 aliphatic rings. The molecule has 1 fully saturated rings. The van der Waals surface area contributed by atoms with Crippen molar-refractivity contribution in [3.63, 3.8) is 0 Å². The third kappa shape index (κ3) is 4.36. The van der Waals surface area contributed by atoms with Crippen LogP contribution in [-0.4, -0.2) is 64.0 Å². The Morgan fingerprint density at radius 3 is 2.78 bits per heavy atom. The van der Waals surface area contributed by atoms with Gasteiger partial charge in [0.15, 0.2) is 0 Å². The van der Waals surface area contributed by atoms with Crippen LogP contribution in [0.2, 0.25) is 0 Å². The minimum Gasteiger partial charge on any atom is -0.261 e. The van der Waals surface area contributed by atoms with E-state index >= 15 is 0 Å². The summed E-state index contributed by atoms with van der Waals surface area (Å²) in [5.41, 5.74) is 2.63. The summed E-state index contributed by atoms with van der Waals surface area (Å²) >= 11 is 0. The Kier molecular flexibility index (Phi) is 5.92. The number of rotatable bonds is 6. The number of hydrogen-bond acceptors (Lipinski definition) is 5. The zero-order valence-corrected chi connectivity index (χ0v) is 17.2. The van der Waals surface area contributed by atoms with Gasteiger partial charge in [0.2, 0.25) is 0 Å². The second-order valence-corrected chi connectivity index (χ2v) is 9.65. The van der Waals surface area contributed by atoms with Crippen LogP contribution in [-0.2, 0) is 16.6 Å². The molecule has 3 heterocycles. The predicted molar refractivity (Wildman–Crippen MR) is 104 cm³/mol. The normalized spacial score (nSPS) is 19.1. The molecule has 0 amide bonds. The summed E-state index contributed by atoms with van der Waals surface area (Å²) in [5.74, 6) is 0.244. The predicted octanol–water partition coefficient (Wildman–Crippen LogP) is 1.98. The highest BCUT2D eigenvalue weighted by molar-refractivity contribution is 7.86. The summed E-state index contributed by atoms with van der Waals surface area (Å²) in [5, 5.41) is 4.36. The van der Waals surface area contributed by atoms with Gasteiger partial charge in [0, 0.05) is 45.6 Å². The topological polar surface area (TPSA) is 84.2 Å². The molecule has 9 heteroatoms. The van der Waals surface area contributed by atoms with E-state index in [0.717, 1.165) is 36.3 Å². The molecular weight excluding hydrogens is 364 g/mol. The van der Waals surface area contributed by atoms with E-state index in [-0.39, 0.29) is 12.0 Å². The lowest BCUT2D eigenvalue weighted by Crippen LogP contribution is -2.45. The molecule has 3 rings (SSSR count). The minimum atomic E-state index is -3.36. The van der Waals surface area contributed by atoms with Gasteiger partial charge >= 0.3 is 0 Å². The lowest BCUT2D eigenvalue weighted by molar-refractivity contribution is 0.253. The maximum atomic E-state index is 12.4. The monoisotopic (exact) mass is 392 g/mol. The van der Waals surface area contributed by atoms with Crippen molar-refractivity contribution >= 4 is 10.2 Å². The van der Waals surface area contributed by atoms with Crippen molar-refractivity contribution in [1.82, 2.24) is 28.4 Å². The number of aromatic nitrogens is 4. The van der Waals surface area contributed by atoms with E-state index in [4.69, 9.17) is 4.98 Å². The van der Waals surface area contributed by atoms with Crippen molar-refractivity contribution in [2.75, 3.05) is 27.2 Å². The summed E-state index contributed by atoms with van der Waals surface area (Å²) in [6.07, 6.45) is 7.88. The van der Waals surface area contributed by atoms with Gasteiger partial charge in [-0.2, -0.15) is 22.1 Å². The van der Waals surface area contributed by atoms with Crippen LogP contribution in [0.3, 0.4) is 0 Å². The molecule has 0 aliphatic carbocycles. The van der Waals surface area contributed by atoms with Gasteiger partial charge in [0.25, 0.3) is 10.2 Å². The third-order valence-corrected chi connectivity index (χ3v) is 6.78. The first-order valence-corrected chi connectivity index (χ1v) is 10.7. The van der Waals surface area contributed by atoms with Gasteiger partial charge < -0.3 is 0 Å². The fourth-order valence-corrected chi connectivity index (χ4v) is 4.71. The molecule has 1 atom stereocenters. The van der Waals surface area contributed by atoms with Crippen molar-refractivity contribution < 1.29 is 8.42 Å². The second kappa shape index (κ2) is 8.04. The number of piperidine rings is 1. The van der Waals surface area contributed by atoms with Gasteiger partial charge in [-0.25, -0.2) is 4.98 Å². The van der Waals surface area contributed by atoms with Gasteiger partial charge in [-0.15, -0.1) is 0 Å². The summed E-state index contributed by atoms with van der Waals surface area (Å²) < 4.78 is 29.6. The summed E-state index contributed by atoms with van der Waals surface area (Å²) in [7, 11) is -0.215. The van der Waals surface area contributed by atoms with Gasteiger partial charge in [-0.3, -0.25) is 9.67 Å². The number of nitrogens with zero attached hydrogens (tertiary/aromatic N) is 6. The molecule has 1 aliphatic heterocycles. The first-order chi connectivity index (χ1) is 12.8. The Hall–Kier alpha value is -1.84. The Morgan fingerprint density at radius 2 is 2.07 bits per heavy atom. The average molecular weight is 393 g/mol. The zero-order valence-electron chi connectivity index (χ0n) is 16.4. The highest BCUT2D eigenvalue weighted by Crippen LogP contribution is 2.24. The molecule has 2 aromatic rings. The van der Waals surface area contributed by atoms with E-state index in [0.29, 0.717) is 13.1 Å². The lowest BCUT2D eigenvalue weighted by atomic mass is 9.95. The second-order valence-electron chi connectivity index (χ2n) is 7.51. The largest absolute Gasteiger partial charge is 0.281 e. The molecule has 27 heavy (non-hydrogen) atoms. The standard InChI is InChI=1S/C18H28N6O2S/c1-14(2)24-18(7-8-20-24)17-12-19-11-16(21-17)10-15-6-5-9-23(13-15)27(25,26)22(3)4/h7-8,11-12,14-15H,5-6,9-10,13H2,1-4H3/t15-/m0/s1. The van der Waals surface area contributed by atoms with Crippen molar-refractivity contribution in [1.29, 1.82) is 0 Å². The maximum Gasteiger partial charge on any atom is 0.281 e. The Labute approximate surface area is 161 Å². The van der Waals surface area contributed by atoms with Gasteiger partial charge in [0.05, 0.1) is 17.6 Å². The van der Waals surface area contributed by atoms with Crippen molar-refractivity contribution in [3.8, 4) is 11.4 Å². The van der Waals surface area contributed by atoms with Crippen LogP contribution >= 0.6 is 0 Å². The molecule has 0 bridgehead atoms. The maximum absolute atomic E-state index is 12.4. The summed E-state index contributed by atoms with van der Waals surface area (Å²) in [6, 6.07) is 2.18. The average Bonchev–Trinajstić information content (AvgIpc) is 3.12. The SMILES string of the molecule is CC(C)n1nccc1-c1cncc(C[C@@H]2CCCN(S(=O)(=O)N(C)C)C2)n1. The number of hydrogen-bond donors (Lipinski definition) is 0. The van der Waals surface area contributed by atoms with Crippen LogP contribution in [0, 0.1) is 5.92 Å². The highest BCUT2D eigenvalue weighted by Gasteiger charge is 2.30. The van der Waals surface area contributed by atoms with Crippen molar-refractivity contribution in [2.45, 2.75) is 39.2 Å². The molecule has 0 saturated carbocycles. The van der Waals surface area contributed by atoms with Crippen LogP contribution in [0.4, 0.5) is 0 Å². The Morgan fingerprint density at radius 1 is 1.30 bits per heavy atom. The summed E-state index contributed by atoms with van der Waals surface area (Å²) in [6.45, 7) is 5.26. The van der Waals surface area contributed by atoms with Crippen LogP contribution in [0.1, 0.15) is 38.4 Å². The molecule has 0 radical (unpaired) electrons. The van der Waals surface area contributed by atoms with E-state index in [2.05, 4.69) is 23.9 Å². The molecule has 148 valence electrons. The van der Waals surface area contributed by atoms with E-state index in [1.165, 1.54) is 4.31 Å². The van der Waals surface area contributed by atoms with E-state index in [1.54, 1.807) is 37.0 Å².